The van der Waals surface area contributed by atoms with Crippen molar-refractivity contribution in [1.82, 2.24) is 55.7 Å². The summed E-state index contributed by atoms with van der Waals surface area (Å²) in [7, 11) is 5.63. The minimum absolute atomic E-state index is 0.0167. The summed E-state index contributed by atoms with van der Waals surface area (Å²) in [5, 5.41) is 22.7. The monoisotopic (exact) mass is 1770 g/mol. The minimum atomic E-state index is -1.52. The molecule has 9 rings (SSSR count). The average molecular weight is 1770 g/mol. The third-order valence-corrected chi connectivity index (χ3v) is 25.3. The fourth-order valence-corrected chi connectivity index (χ4v) is 17.9. The van der Waals surface area contributed by atoms with E-state index in [-0.39, 0.29) is 113 Å². The van der Waals surface area contributed by atoms with Gasteiger partial charge in [0.15, 0.2) is 11.6 Å². The maximum atomic E-state index is 15.8. The highest BCUT2D eigenvalue weighted by molar-refractivity contribution is 7.99. The molecule has 10 N–H and O–H groups in total. The molecular formula is C95H123N13O18S. The van der Waals surface area contributed by atoms with E-state index in [1.807, 2.05) is 39.0 Å². The first-order valence-electron chi connectivity index (χ1n) is 43.7. The Balaban J connectivity index is 1.11. The number of hydrogen-bond donors (Lipinski definition) is 8. The summed E-state index contributed by atoms with van der Waals surface area (Å²) in [6, 6.07) is 26.7. The number of ether oxygens (including phenoxy) is 1. The van der Waals surface area contributed by atoms with Gasteiger partial charge in [0, 0.05) is 146 Å². The molecule has 0 spiro atoms. The van der Waals surface area contributed by atoms with Gasteiger partial charge in [-0.05, 0) is 90.0 Å². The predicted molar refractivity (Wildman–Crippen MR) is 478 cm³/mol. The Morgan fingerprint density at radius 2 is 1.13 bits per heavy atom. The highest BCUT2D eigenvalue weighted by Crippen LogP contribution is 2.32. The van der Waals surface area contributed by atoms with E-state index in [9.17, 15) is 33.9 Å². The molecule has 3 aliphatic rings. The Bertz CT molecular complexity index is 4840. The van der Waals surface area contributed by atoms with Crippen LogP contribution in [0.2, 0.25) is 0 Å². The highest BCUT2D eigenvalue weighted by Gasteiger charge is 2.49. The van der Waals surface area contributed by atoms with E-state index in [0.29, 0.717) is 58.0 Å². The van der Waals surface area contributed by atoms with Crippen LogP contribution in [0.3, 0.4) is 0 Å². The van der Waals surface area contributed by atoms with Crippen LogP contribution in [-0.4, -0.2) is 260 Å². The second-order valence-corrected chi connectivity index (χ2v) is 35.6. The lowest BCUT2D eigenvalue weighted by molar-refractivity contribution is -0.153. The maximum Gasteiger partial charge on any atom is 0.293 e. The number of carbonyl (C=O) groups excluding carboxylic acids is 16. The molecule has 127 heavy (non-hydrogen) atoms. The number of nitrogens with zero attached hydrogens (tertiary/aromatic N) is 6. The first-order chi connectivity index (χ1) is 60.6. The molecule has 0 bridgehead atoms. The molecule has 0 radical (unpaired) electrons. The number of Topliss-reactive ketones (excluding diaryl/α,β-unsaturated/α-hetero) is 4. The van der Waals surface area contributed by atoms with E-state index in [2.05, 4.69) is 26.3 Å². The molecule has 31 nitrogen and oxygen atoms in total. The number of aromatic nitrogens is 1. The second-order valence-electron chi connectivity index (χ2n) is 34.6. The lowest BCUT2D eigenvalue weighted by Gasteiger charge is -2.37. The molecule has 0 saturated carbocycles. The van der Waals surface area contributed by atoms with Gasteiger partial charge in [0.2, 0.25) is 65.0 Å². The zero-order valence-corrected chi connectivity index (χ0v) is 74.8. The van der Waals surface area contributed by atoms with Gasteiger partial charge in [-0.15, -0.1) is 0 Å². The molecule has 11 amide bonds. The second kappa shape index (κ2) is 47.6. The number of phenolic OH excluding ortho intramolecular Hbond substituents is 1. The van der Waals surface area contributed by atoms with Crippen LogP contribution in [-0.2, 0) is 114 Å². The lowest BCUT2D eigenvalue weighted by Crippen LogP contribution is -2.60. The molecule has 5 aromatic carbocycles. The zero-order chi connectivity index (χ0) is 92.3. The average Bonchev–Trinajstić information content (AvgIpc) is 1.67. The molecule has 6 aromatic rings. The number of amides is 11. The molecule has 3 aliphatic heterocycles. The number of unbranched alkanes of at least 4 members (excludes halogenated alkanes) is 1. The van der Waals surface area contributed by atoms with E-state index in [4.69, 9.17) is 16.2 Å². The Morgan fingerprint density at radius 1 is 0.575 bits per heavy atom. The smallest absolute Gasteiger partial charge is 0.293 e. The standard InChI is InChI=1S/C95H123N13O18S/c1-10-11-32-78-92(122)103(6)53-69(111)46-65(54-126-57-109)83(113)50-71(59(4)5)90(120)105(8)80(45-62-28-19-14-20-29-62)94(124)108-52-67(96)49-81(108)95(125)107-40-23-33-77(107)89(119)102-75(47-64-51-98-72-31-22-21-30-70(64)72)88(118)101-74(42-63-34-36-68(110)37-35-63)87(117)100-73(41-58(2)3)84(114)48-66(82(112)38-39-85(97)115)55-127-56-86(116)99-76(43-60-24-15-12-16-25-60)91(121)106(9)79(93(123)104(78)7)44-61-26-17-13-18-27-61/h12-22,24-31,34-37,51,57-59,65-67,71,73-81,98,110H,10-11,23,32-33,38-50,52-56,96H2,1-9H3,(H2,97,115)(H,99,116)(H,100,117)(H,101,118)(H,102,119)/t65-,66-,67?,71-,73-,74-,75-,76-,77+,78-,79-,80-,81-/m0/s1. The Hall–Kier alpha value is -11.9. The van der Waals surface area contributed by atoms with Crippen LogP contribution >= 0.6 is 11.8 Å². The van der Waals surface area contributed by atoms with Gasteiger partial charge in [-0.3, -0.25) is 76.7 Å². The molecule has 3 fully saturated rings. The molecule has 682 valence electrons. The number of hydrogen-bond acceptors (Lipinski definition) is 20. The third-order valence-electron chi connectivity index (χ3n) is 24.2. The number of phenols is 1. The van der Waals surface area contributed by atoms with Crippen molar-refractivity contribution in [2.45, 2.75) is 204 Å². The van der Waals surface area contributed by atoms with Crippen molar-refractivity contribution in [2.75, 3.05) is 65.9 Å². The SMILES string of the molecule is CCCC[C@H]1C(=O)N(C)CC(=O)C[C@@H](COC=O)C(=O)C[C@@H](C(C)C)C(=O)N(C)[C@@H](Cc2ccccc2)C(=O)N2CC(N)C[C@H]2C(=O)N2CCC[C@@H]2C(=O)N[C@@H](Cc2c[nH]c3ccccc23)C(=O)N[C@@H](Cc2ccc(O)cc2)C(=O)N[C@@H](CC(C)C)C(=O)C[C@H](C(=O)CCC(N)=O)CSCC(=O)N[C@@H](Cc2ccccc2)C(=O)N(C)[C@@H](Cc2ccccc2)C(=O)N1C. The third kappa shape index (κ3) is 27.8. The molecule has 4 heterocycles. The highest BCUT2D eigenvalue weighted by atomic mass is 32.2. The first kappa shape index (κ1) is 98.9. The van der Waals surface area contributed by atoms with Gasteiger partial charge in [0.1, 0.15) is 72.3 Å². The molecule has 0 aliphatic carbocycles. The van der Waals surface area contributed by atoms with Gasteiger partial charge in [-0.1, -0.05) is 169 Å². The van der Waals surface area contributed by atoms with Crippen molar-refractivity contribution < 1.29 is 86.6 Å². The predicted octanol–water partition coefficient (Wildman–Crippen LogP) is 5.56. The summed E-state index contributed by atoms with van der Waals surface area (Å²) in [6.45, 7) is 7.75. The number of fused-ring (bicyclic) bond motifs is 3. The van der Waals surface area contributed by atoms with Crippen molar-refractivity contribution in [3.05, 3.63) is 174 Å². The van der Waals surface area contributed by atoms with E-state index in [0.717, 1.165) is 16.7 Å². The summed E-state index contributed by atoms with van der Waals surface area (Å²) in [5.74, 6) is -15.7. The molecule has 3 saturated heterocycles. The summed E-state index contributed by atoms with van der Waals surface area (Å²) in [4.78, 5) is 247. The number of carbonyl (C=O) groups is 16. The van der Waals surface area contributed by atoms with Crippen LogP contribution in [0.4, 0.5) is 0 Å². The quantitative estimate of drug-likeness (QED) is 0.0364. The zero-order valence-electron chi connectivity index (χ0n) is 74.0. The first-order valence-corrected chi connectivity index (χ1v) is 44.9. The lowest BCUT2D eigenvalue weighted by atomic mass is 9.84. The van der Waals surface area contributed by atoms with Gasteiger partial charge < -0.3 is 77.0 Å². The van der Waals surface area contributed by atoms with E-state index in [1.165, 1.54) is 77.0 Å². The topological polar surface area (TPSA) is 438 Å². The molecule has 13 atom stereocenters. The van der Waals surface area contributed by atoms with Crippen LogP contribution in [0.5, 0.6) is 5.75 Å². The number of benzene rings is 5. The van der Waals surface area contributed by atoms with Crippen molar-refractivity contribution in [3.8, 4) is 5.75 Å². The number of nitrogens with two attached hydrogens (primary N) is 2. The van der Waals surface area contributed by atoms with Crippen molar-refractivity contribution in [1.29, 1.82) is 0 Å². The number of thioether (sulfide) groups is 1. The Morgan fingerprint density at radius 3 is 1.74 bits per heavy atom. The van der Waals surface area contributed by atoms with Gasteiger partial charge in [-0.2, -0.15) is 11.8 Å². The Labute approximate surface area is 746 Å². The number of ketones is 4. The fourth-order valence-electron chi connectivity index (χ4n) is 17.0. The number of para-hydroxylation sites is 1. The van der Waals surface area contributed by atoms with E-state index >= 15 is 47.9 Å². The number of rotatable bonds is 23. The number of aromatic amines is 1. The largest absolute Gasteiger partial charge is 0.508 e. The normalized spacial score (nSPS) is 24.4. The van der Waals surface area contributed by atoms with Gasteiger partial charge in [-0.25, -0.2) is 0 Å². The van der Waals surface area contributed by atoms with E-state index < -0.39 is 205 Å². The van der Waals surface area contributed by atoms with Crippen LogP contribution < -0.4 is 32.7 Å². The van der Waals surface area contributed by atoms with Crippen LogP contribution in [0.25, 0.3) is 10.9 Å². The van der Waals surface area contributed by atoms with Crippen molar-refractivity contribution >= 4 is 117 Å². The van der Waals surface area contributed by atoms with Gasteiger partial charge in [0.05, 0.1) is 24.3 Å². The van der Waals surface area contributed by atoms with Crippen LogP contribution in [0, 0.1) is 29.6 Å². The summed E-state index contributed by atoms with van der Waals surface area (Å²) in [5.41, 5.74) is 15.9. The molecule has 32 heteroatoms. The van der Waals surface area contributed by atoms with Gasteiger partial charge >= 0.3 is 0 Å². The molecular weight excluding hydrogens is 1640 g/mol. The Kier molecular flexibility index (Phi) is 37.0. The molecule has 1 unspecified atom stereocenters. The summed E-state index contributed by atoms with van der Waals surface area (Å²) in [6.07, 6.45) is 0.149. The number of nitrogens with one attached hydrogen (secondary N) is 5. The van der Waals surface area contributed by atoms with Gasteiger partial charge in [0.25, 0.3) is 6.47 Å². The number of likely N-dealkylation sites (N-methyl/N-ethyl adjacent to an activating group) is 4. The number of primary amides is 1. The van der Waals surface area contributed by atoms with Crippen molar-refractivity contribution in [2.24, 2.45) is 41.1 Å². The molecule has 1 aromatic heterocycles. The maximum absolute atomic E-state index is 15.8. The summed E-state index contributed by atoms with van der Waals surface area (Å²) >= 11 is 0.956. The van der Waals surface area contributed by atoms with E-state index in [1.54, 1.807) is 117 Å². The van der Waals surface area contributed by atoms with Crippen LogP contribution in [0.15, 0.2) is 146 Å². The number of aromatic hydroxyl groups is 1. The minimum Gasteiger partial charge on any atom is -0.508 e. The van der Waals surface area contributed by atoms with Crippen LogP contribution in [0.1, 0.15) is 139 Å². The fraction of sp³-hybridized carbons (Fsp3) is 0.495. The van der Waals surface area contributed by atoms with Crippen molar-refractivity contribution in [3.63, 3.8) is 0 Å². The number of H-pyrrole nitrogens is 1. The summed E-state index contributed by atoms with van der Waals surface area (Å²) < 4.78 is 5.17.